The van der Waals surface area contributed by atoms with Gasteiger partial charge in [0.05, 0.1) is 22.7 Å². The van der Waals surface area contributed by atoms with Crippen LogP contribution in [-0.2, 0) is 7.05 Å². The quantitative estimate of drug-likeness (QED) is 0.917. The number of likely N-dealkylation sites (tertiary alicyclic amines) is 1. The zero-order valence-electron chi connectivity index (χ0n) is 13.6. The van der Waals surface area contributed by atoms with Crippen molar-refractivity contribution in [2.75, 3.05) is 13.1 Å². The third kappa shape index (κ3) is 2.51. The lowest BCUT2D eigenvalue weighted by Crippen LogP contribution is -2.42. The standard InChI is InChI=1S/C17H22N4O2/c1-10-15-13(17(23)21-7-3-4-12(22)9-21)8-14(11-5-6-11)18-16(15)20(2)19-10/h8,11-12,22H,3-7,9H2,1-2H3. The van der Waals surface area contributed by atoms with Crippen LogP contribution in [0.3, 0.4) is 0 Å². The number of β-amino-alcohol motifs (C(OH)–C–C–N with tert-alkyl or cyclic N) is 1. The number of aryl methyl sites for hydroxylation is 2. The summed E-state index contributed by atoms with van der Waals surface area (Å²) in [5, 5.41) is 15.2. The molecule has 0 aromatic carbocycles. The Balaban J connectivity index is 1.82. The van der Waals surface area contributed by atoms with Gasteiger partial charge in [-0.15, -0.1) is 0 Å². The number of carbonyl (C=O) groups excluding carboxylic acids is 1. The maximum absolute atomic E-state index is 13.1. The molecule has 6 heteroatoms. The summed E-state index contributed by atoms with van der Waals surface area (Å²) in [7, 11) is 1.87. The van der Waals surface area contributed by atoms with E-state index in [4.69, 9.17) is 4.98 Å². The molecule has 1 aliphatic carbocycles. The Morgan fingerprint density at radius 2 is 2.13 bits per heavy atom. The summed E-state index contributed by atoms with van der Waals surface area (Å²) in [6.45, 7) is 3.04. The number of carbonyl (C=O) groups is 1. The fourth-order valence-electron chi connectivity index (χ4n) is 3.53. The molecule has 23 heavy (non-hydrogen) atoms. The number of fused-ring (bicyclic) bond motifs is 1. The topological polar surface area (TPSA) is 71.2 Å². The number of aliphatic hydroxyl groups is 1. The first kappa shape index (κ1) is 14.6. The van der Waals surface area contributed by atoms with Crippen molar-refractivity contribution in [1.29, 1.82) is 0 Å². The Morgan fingerprint density at radius 1 is 1.35 bits per heavy atom. The fourth-order valence-corrected chi connectivity index (χ4v) is 3.53. The van der Waals surface area contributed by atoms with E-state index in [1.165, 1.54) is 0 Å². The average Bonchev–Trinajstić information content (AvgIpc) is 3.33. The first-order valence-corrected chi connectivity index (χ1v) is 8.36. The fraction of sp³-hybridized carbons (Fsp3) is 0.588. The highest BCUT2D eigenvalue weighted by atomic mass is 16.3. The number of aliphatic hydroxyl groups excluding tert-OH is 1. The molecular formula is C17H22N4O2. The summed E-state index contributed by atoms with van der Waals surface area (Å²) < 4.78 is 1.76. The third-order valence-corrected chi connectivity index (χ3v) is 4.90. The molecule has 4 rings (SSSR count). The highest BCUT2D eigenvalue weighted by Crippen LogP contribution is 2.40. The molecule has 0 bridgehead atoms. The van der Waals surface area contributed by atoms with Gasteiger partial charge in [0.1, 0.15) is 0 Å². The molecule has 6 nitrogen and oxygen atoms in total. The highest BCUT2D eigenvalue weighted by molar-refractivity contribution is 6.06. The van der Waals surface area contributed by atoms with Gasteiger partial charge >= 0.3 is 0 Å². The van der Waals surface area contributed by atoms with Crippen LogP contribution in [0.25, 0.3) is 11.0 Å². The molecule has 2 fully saturated rings. The predicted octanol–water partition coefficient (Wildman–Crippen LogP) is 1.75. The van der Waals surface area contributed by atoms with Crippen LogP contribution in [0.15, 0.2) is 6.07 Å². The van der Waals surface area contributed by atoms with Crippen LogP contribution >= 0.6 is 0 Å². The number of rotatable bonds is 2. The average molecular weight is 314 g/mol. The van der Waals surface area contributed by atoms with Crippen molar-refractivity contribution in [2.24, 2.45) is 7.05 Å². The number of nitrogens with zero attached hydrogens (tertiary/aromatic N) is 4. The Hall–Kier alpha value is -1.95. The van der Waals surface area contributed by atoms with Crippen molar-refractivity contribution < 1.29 is 9.90 Å². The van der Waals surface area contributed by atoms with Crippen molar-refractivity contribution in [3.8, 4) is 0 Å². The molecule has 2 aromatic heterocycles. The molecule has 1 saturated heterocycles. The first-order valence-electron chi connectivity index (χ1n) is 8.36. The van der Waals surface area contributed by atoms with Gasteiger partial charge in [0.15, 0.2) is 5.65 Å². The Kier molecular flexibility index (Phi) is 3.37. The van der Waals surface area contributed by atoms with E-state index < -0.39 is 6.10 Å². The molecule has 1 aliphatic heterocycles. The number of hydrogen-bond donors (Lipinski definition) is 1. The minimum Gasteiger partial charge on any atom is -0.391 e. The van der Waals surface area contributed by atoms with Gasteiger partial charge in [-0.05, 0) is 38.7 Å². The van der Waals surface area contributed by atoms with Crippen molar-refractivity contribution in [1.82, 2.24) is 19.7 Å². The van der Waals surface area contributed by atoms with Gasteiger partial charge in [0.2, 0.25) is 0 Å². The van der Waals surface area contributed by atoms with Crippen LogP contribution in [0.2, 0.25) is 0 Å². The summed E-state index contributed by atoms with van der Waals surface area (Å²) in [5.41, 5.74) is 3.31. The van der Waals surface area contributed by atoms with Crippen LogP contribution in [0.5, 0.6) is 0 Å². The van der Waals surface area contributed by atoms with Gasteiger partial charge in [0.25, 0.3) is 5.91 Å². The lowest BCUT2D eigenvalue weighted by atomic mass is 10.0. The molecule has 0 radical (unpaired) electrons. The third-order valence-electron chi connectivity index (χ3n) is 4.90. The van der Waals surface area contributed by atoms with Gasteiger partial charge in [-0.1, -0.05) is 0 Å². The number of aromatic nitrogens is 3. The highest BCUT2D eigenvalue weighted by Gasteiger charge is 2.30. The maximum atomic E-state index is 13.1. The second-order valence-corrected chi connectivity index (χ2v) is 6.82. The van der Waals surface area contributed by atoms with E-state index in [1.54, 1.807) is 9.58 Å². The molecule has 1 atom stereocenters. The van der Waals surface area contributed by atoms with Crippen molar-refractivity contribution in [3.05, 3.63) is 23.0 Å². The van der Waals surface area contributed by atoms with Crippen LogP contribution < -0.4 is 0 Å². The minimum absolute atomic E-state index is 0.00542. The second kappa shape index (κ2) is 5.30. The van der Waals surface area contributed by atoms with Crippen LogP contribution in [0.4, 0.5) is 0 Å². The summed E-state index contributed by atoms with van der Waals surface area (Å²) in [6, 6.07) is 1.96. The number of pyridine rings is 1. The Morgan fingerprint density at radius 3 is 2.83 bits per heavy atom. The molecular weight excluding hydrogens is 292 g/mol. The molecule has 1 N–H and O–H groups in total. The SMILES string of the molecule is Cc1nn(C)c2nc(C3CC3)cc(C(=O)N3CCCC(O)C3)c12. The summed E-state index contributed by atoms with van der Waals surface area (Å²) in [4.78, 5) is 19.6. The van der Waals surface area contributed by atoms with Crippen molar-refractivity contribution >= 4 is 16.9 Å². The van der Waals surface area contributed by atoms with Gasteiger partial charge in [-0.2, -0.15) is 5.10 Å². The largest absolute Gasteiger partial charge is 0.391 e. The number of hydrogen-bond acceptors (Lipinski definition) is 4. The second-order valence-electron chi connectivity index (χ2n) is 6.82. The molecule has 3 heterocycles. The summed E-state index contributed by atoms with van der Waals surface area (Å²) >= 11 is 0. The molecule has 122 valence electrons. The van der Waals surface area contributed by atoms with Crippen molar-refractivity contribution in [2.45, 2.75) is 44.6 Å². The lowest BCUT2D eigenvalue weighted by Gasteiger charge is -2.30. The normalized spacial score (nSPS) is 21.9. The molecule has 1 saturated carbocycles. The molecule has 1 unspecified atom stereocenters. The van der Waals surface area contributed by atoms with Gasteiger partial charge in [0, 0.05) is 31.7 Å². The van der Waals surface area contributed by atoms with Crippen LogP contribution in [0.1, 0.15) is 53.3 Å². The smallest absolute Gasteiger partial charge is 0.254 e. The predicted molar refractivity (Wildman–Crippen MR) is 86.4 cm³/mol. The molecule has 2 aromatic rings. The van der Waals surface area contributed by atoms with E-state index in [2.05, 4.69) is 5.10 Å². The summed E-state index contributed by atoms with van der Waals surface area (Å²) in [6.07, 6.45) is 3.50. The monoisotopic (exact) mass is 314 g/mol. The van der Waals surface area contributed by atoms with E-state index in [9.17, 15) is 9.90 Å². The van der Waals surface area contributed by atoms with E-state index in [-0.39, 0.29) is 5.91 Å². The Labute approximate surface area is 135 Å². The summed E-state index contributed by atoms with van der Waals surface area (Å²) in [5.74, 6) is 0.474. The molecule has 1 amide bonds. The zero-order valence-corrected chi connectivity index (χ0v) is 13.6. The van der Waals surface area contributed by atoms with E-state index >= 15 is 0 Å². The first-order chi connectivity index (χ1) is 11.0. The number of piperidine rings is 1. The van der Waals surface area contributed by atoms with Crippen LogP contribution in [0, 0.1) is 6.92 Å². The maximum Gasteiger partial charge on any atom is 0.254 e. The van der Waals surface area contributed by atoms with E-state index in [0.717, 1.165) is 48.1 Å². The van der Waals surface area contributed by atoms with Gasteiger partial charge in [-0.25, -0.2) is 4.98 Å². The minimum atomic E-state index is -0.414. The van der Waals surface area contributed by atoms with Crippen LogP contribution in [-0.4, -0.2) is 49.9 Å². The number of amides is 1. The molecule has 2 aliphatic rings. The lowest BCUT2D eigenvalue weighted by molar-refractivity contribution is 0.0475. The zero-order chi connectivity index (χ0) is 16.1. The molecule has 0 spiro atoms. The van der Waals surface area contributed by atoms with Crippen molar-refractivity contribution in [3.63, 3.8) is 0 Å². The van der Waals surface area contributed by atoms with Gasteiger partial charge < -0.3 is 10.0 Å². The van der Waals surface area contributed by atoms with E-state index in [1.807, 2.05) is 20.0 Å². The van der Waals surface area contributed by atoms with Gasteiger partial charge in [-0.3, -0.25) is 9.48 Å². The Bertz CT molecular complexity index is 778. The van der Waals surface area contributed by atoms with E-state index in [0.29, 0.717) is 24.6 Å².